The van der Waals surface area contributed by atoms with Gasteiger partial charge in [-0.1, -0.05) is 82.3 Å². The number of primary amides is 1. The van der Waals surface area contributed by atoms with Crippen LogP contribution in [0.1, 0.15) is 92.1 Å². The van der Waals surface area contributed by atoms with Crippen LogP contribution in [0.5, 0.6) is 0 Å². The quantitative estimate of drug-likeness (QED) is 0.288. The highest BCUT2D eigenvalue weighted by Gasteiger charge is 2.43. The van der Waals surface area contributed by atoms with Gasteiger partial charge >= 0.3 is 0 Å². The van der Waals surface area contributed by atoms with Gasteiger partial charge in [-0.2, -0.15) is 0 Å². The summed E-state index contributed by atoms with van der Waals surface area (Å²) in [6.07, 6.45) is 15.5. The van der Waals surface area contributed by atoms with E-state index in [2.05, 4.69) is 53.6 Å². The van der Waals surface area contributed by atoms with Crippen molar-refractivity contribution in [3.8, 4) is 0 Å². The molecule has 3 N–H and O–H groups in total. The summed E-state index contributed by atoms with van der Waals surface area (Å²) in [7, 11) is 1.84. The van der Waals surface area contributed by atoms with E-state index >= 15 is 0 Å². The molecule has 0 spiro atoms. The highest BCUT2D eigenvalue weighted by molar-refractivity contribution is 5.99. The van der Waals surface area contributed by atoms with Gasteiger partial charge in [-0.05, 0) is 77.4 Å². The van der Waals surface area contributed by atoms with Crippen LogP contribution in [-0.2, 0) is 20.8 Å². The van der Waals surface area contributed by atoms with Crippen molar-refractivity contribution in [3.05, 3.63) is 60.2 Å². The van der Waals surface area contributed by atoms with Gasteiger partial charge in [-0.25, -0.2) is 0 Å². The SMILES string of the molecule is C/C=C\CC.CC/C=C/CN(C(C)=O)C(=O)C1(NC)CCN(CCCc2ccccc2)CC1.CCC(CC)C(N)=O. The average Bonchev–Trinajstić information content (AvgIpc) is 2.97. The summed E-state index contributed by atoms with van der Waals surface area (Å²) < 4.78 is 0. The smallest absolute Gasteiger partial charge is 0.249 e. The van der Waals surface area contributed by atoms with E-state index in [9.17, 15) is 14.4 Å². The standard InChI is InChI=1S/C23H35N3O2.C6H13NO.C5H10/c1-4-5-9-17-26(20(2)27)22(28)23(24-3)14-18-25(19-15-23)16-10-13-21-11-7-6-8-12-21;1-3-5(4-2)6(7)8;1-3-5-4-2/h5-9,11-12,24H,4,10,13-19H2,1-3H3;5H,3-4H2,1-2H3,(H2,7,8);3,5H,4H2,1-2H3/b9-5+;;5-3-. The number of nitrogens with one attached hydrogen (secondary N) is 1. The Morgan fingerprint density at radius 2 is 1.59 bits per heavy atom. The van der Waals surface area contributed by atoms with Crippen LogP contribution in [0.25, 0.3) is 0 Å². The van der Waals surface area contributed by atoms with Crippen LogP contribution in [0.15, 0.2) is 54.6 Å². The number of carbonyl (C=O) groups excluding carboxylic acids is 3. The van der Waals surface area contributed by atoms with E-state index in [1.807, 2.05) is 53.0 Å². The lowest BCUT2D eigenvalue weighted by Gasteiger charge is -2.42. The number of nitrogens with zero attached hydrogens (tertiary/aromatic N) is 2. The molecule has 1 heterocycles. The number of allylic oxidation sites excluding steroid dienone is 3. The first-order valence-electron chi connectivity index (χ1n) is 15.5. The Morgan fingerprint density at radius 3 is 1.98 bits per heavy atom. The van der Waals surface area contributed by atoms with Crippen LogP contribution in [0, 0.1) is 5.92 Å². The lowest BCUT2D eigenvalue weighted by molar-refractivity contribution is -0.149. The third-order valence-corrected chi connectivity index (χ3v) is 7.56. The van der Waals surface area contributed by atoms with E-state index in [-0.39, 0.29) is 23.6 Å². The molecule has 7 heteroatoms. The number of rotatable bonds is 13. The van der Waals surface area contributed by atoms with Crippen LogP contribution < -0.4 is 11.1 Å². The molecular weight excluding hydrogens is 512 g/mol. The second-order valence-electron chi connectivity index (χ2n) is 10.5. The van der Waals surface area contributed by atoms with Gasteiger partial charge in [0.25, 0.3) is 0 Å². The van der Waals surface area contributed by atoms with Gasteiger partial charge in [-0.15, -0.1) is 0 Å². The lowest BCUT2D eigenvalue weighted by atomic mass is 9.85. The van der Waals surface area contributed by atoms with Gasteiger partial charge in [0.05, 0.1) is 0 Å². The summed E-state index contributed by atoms with van der Waals surface area (Å²) >= 11 is 0. The molecule has 0 bridgehead atoms. The first-order chi connectivity index (χ1) is 19.7. The summed E-state index contributed by atoms with van der Waals surface area (Å²) in [6, 6.07) is 10.6. The van der Waals surface area contributed by atoms with Crippen molar-refractivity contribution < 1.29 is 14.4 Å². The molecule has 1 aromatic rings. The fourth-order valence-electron chi connectivity index (χ4n) is 4.77. The summed E-state index contributed by atoms with van der Waals surface area (Å²) in [5.41, 5.74) is 5.75. The molecule has 3 amide bonds. The molecule has 0 aromatic heterocycles. The summed E-state index contributed by atoms with van der Waals surface area (Å²) in [5.74, 6) is -0.358. The van der Waals surface area contributed by atoms with Gasteiger partial charge in [0.1, 0.15) is 5.54 Å². The van der Waals surface area contributed by atoms with E-state index < -0.39 is 5.54 Å². The Bertz CT molecular complexity index is 902. The normalized spacial score (nSPS) is 14.7. The molecule has 1 aliphatic rings. The molecule has 1 fully saturated rings. The number of hydrogen-bond acceptors (Lipinski definition) is 5. The van der Waals surface area contributed by atoms with E-state index in [4.69, 9.17) is 5.73 Å². The average molecular weight is 571 g/mol. The minimum atomic E-state index is -0.637. The maximum Gasteiger partial charge on any atom is 0.249 e. The number of piperidine rings is 1. The minimum Gasteiger partial charge on any atom is -0.369 e. The van der Waals surface area contributed by atoms with E-state index in [1.165, 1.54) is 17.4 Å². The molecule has 0 saturated carbocycles. The van der Waals surface area contributed by atoms with Crippen molar-refractivity contribution in [3.63, 3.8) is 0 Å². The highest BCUT2D eigenvalue weighted by atomic mass is 16.2. The first-order valence-corrected chi connectivity index (χ1v) is 15.5. The molecule has 232 valence electrons. The van der Waals surface area contributed by atoms with Crippen molar-refractivity contribution in [1.29, 1.82) is 0 Å². The van der Waals surface area contributed by atoms with E-state index in [0.29, 0.717) is 6.54 Å². The second kappa shape index (κ2) is 22.9. The molecule has 0 unspecified atom stereocenters. The summed E-state index contributed by atoms with van der Waals surface area (Å²) in [4.78, 5) is 39.4. The molecule has 1 aliphatic heterocycles. The number of aryl methyl sites for hydroxylation is 1. The fourth-order valence-corrected chi connectivity index (χ4v) is 4.77. The van der Waals surface area contributed by atoms with Gasteiger partial charge < -0.3 is 16.0 Å². The maximum atomic E-state index is 13.2. The van der Waals surface area contributed by atoms with E-state index in [0.717, 1.165) is 71.0 Å². The van der Waals surface area contributed by atoms with Crippen molar-refractivity contribution in [2.24, 2.45) is 11.7 Å². The number of amides is 3. The van der Waals surface area contributed by atoms with Crippen molar-refractivity contribution in [1.82, 2.24) is 15.1 Å². The molecule has 1 saturated heterocycles. The predicted octanol–water partition coefficient (Wildman–Crippen LogP) is 5.89. The Labute approximate surface area is 250 Å². The van der Waals surface area contributed by atoms with Crippen molar-refractivity contribution in [2.75, 3.05) is 33.2 Å². The zero-order valence-electron chi connectivity index (χ0n) is 27.0. The van der Waals surface area contributed by atoms with Gasteiger partial charge in [0.2, 0.25) is 17.7 Å². The second-order valence-corrected chi connectivity index (χ2v) is 10.5. The molecule has 0 aliphatic carbocycles. The number of imide groups is 1. The van der Waals surface area contributed by atoms with Crippen LogP contribution in [0.3, 0.4) is 0 Å². The number of benzene rings is 1. The monoisotopic (exact) mass is 570 g/mol. The molecule has 2 rings (SSSR count). The Morgan fingerprint density at radius 1 is 1.00 bits per heavy atom. The molecule has 1 aromatic carbocycles. The molecular formula is C34H58N4O3. The van der Waals surface area contributed by atoms with Crippen LogP contribution in [0.4, 0.5) is 0 Å². The third kappa shape index (κ3) is 15.1. The molecule has 41 heavy (non-hydrogen) atoms. The molecule has 0 radical (unpaired) electrons. The topological polar surface area (TPSA) is 95.7 Å². The third-order valence-electron chi connectivity index (χ3n) is 7.56. The van der Waals surface area contributed by atoms with E-state index in [1.54, 1.807) is 0 Å². The molecule has 0 atom stereocenters. The lowest BCUT2D eigenvalue weighted by Crippen LogP contribution is -2.62. The predicted molar refractivity (Wildman–Crippen MR) is 172 cm³/mol. The number of likely N-dealkylation sites (tertiary alicyclic amines) is 1. The Balaban J connectivity index is 0.00000102. The van der Waals surface area contributed by atoms with Crippen LogP contribution in [-0.4, -0.2) is 66.3 Å². The zero-order chi connectivity index (χ0) is 31.1. The molecule has 7 nitrogen and oxygen atoms in total. The summed E-state index contributed by atoms with van der Waals surface area (Å²) in [5, 5.41) is 3.25. The first kappa shape index (κ1) is 38.2. The van der Waals surface area contributed by atoms with Gasteiger partial charge in [0.15, 0.2) is 0 Å². The van der Waals surface area contributed by atoms with Crippen molar-refractivity contribution in [2.45, 2.75) is 98.4 Å². The maximum absolute atomic E-state index is 13.2. The fraction of sp³-hybridized carbons (Fsp3) is 0.618. The Kier molecular flexibility index (Phi) is 21.3. The van der Waals surface area contributed by atoms with Gasteiger partial charge in [0, 0.05) is 32.5 Å². The van der Waals surface area contributed by atoms with Crippen LogP contribution in [0.2, 0.25) is 0 Å². The van der Waals surface area contributed by atoms with Crippen LogP contribution >= 0.6 is 0 Å². The van der Waals surface area contributed by atoms with Gasteiger partial charge in [-0.3, -0.25) is 19.3 Å². The largest absolute Gasteiger partial charge is 0.369 e. The minimum absolute atomic E-state index is 0.0906. The number of nitrogens with two attached hydrogens (primary N) is 1. The summed E-state index contributed by atoms with van der Waals surface area (Å²) in [6.45, 7) is 14.8. The number of likely N-dealkylation sites (N-methyl/N-ethyl adjacent to an activating group) is 1. The number of hydrogen-bond donors (Lipinski definition) is 2. The Hall–Kier alpha value is -2.77. The highest BCUT2D eigenvalue weighted by Crippen LogP contribution is 2.25. The number of carbonyl (C=O) groups is 3. The zero-order valence-corrected chi connectivity index (χ0v) is 27.0. The van der Waals surface area contributed by atoms with Crippen molar-refractivity contribution >= 4 is 17.7 Å².